The maximum atomic E-state index is 9.23. The molecule has 2 radical (unpaired) electrons. The van der Waals surface area contributed by atoms with E-state index < -0.39 is 0 Å². The van der Waals surface area contributed by atoms with Crippen molar-refractivity contribution in [2.75, 3.05) is 0 Å². The summed E-state index contributed by atoms with van der Waals surface area (Å²) in [6, 6.07) is 0. The average Bonchev–Trinajstić information content (AvgIpc) is 2.14. The second-order valence-electron chi connectivity index (χ2n) is 2.44. The number of hydrogen-bond donors (Lipinski definition) is 1. The maximum absolute atomic E-state index is 9.23. The van der Waals surface area contributed by atoms with Gasteiger partial charge < -0.3 is 5.11 Å². The Morgan fingerprint density at radius 1 is 1.60 bits per heavy atom. The van der Waals surface area contributed by atoms with Crippen molar-refractivity contribution in [3.63, 3.8) is 0 Å². The molecule has 0 aromatic carbocycles. The molecule has 4 heteroatoms. The lowest BCUT2D eigenvalue weighted by Crippen LogP contribution is -1.95. The van der Waals surface area contributed by atoms with Gasteiger partial charge in [-0.05, 0) is 11.5 Å². The smallest absolute Gasteiger partial charge is 0.142 e. The summed E-state index contributed by atoms with van der Waals surface area (Å²) in [7, 11) is 5.38. The van der Waals surface area contributed by atoms with Gasteiger partial charge in [-0.2, -0.15) is 4.37 Å². The van der Waals surface area contributed by atoms with Crippen LogP contribution in [0.5, 0.6) is 5.75 Å². The van der Waals surface area contributed by atoms with Gasteiger partial charge in [0.25, 0.3) is 0 Å². The molecule has 0 aliphatic rings. The molecule has 1 rings (SSSR count). The predicted octanol–water partition coefficient (Wildman–Crippen LogP) is 0.766. The third-order valence-corrected chi connectivity index (χ3v) is 1.94. The number of hydrogen-bond acceptors (Lipinski definition) is 3. The first-order valence-corrected chi connectivity index (χ1v) is 3.84. The van der Waals surface area contributed by atoms with E-state index in [9.17, 15) is 5.11 Å². The Kier molecular flexibility index (Phi) is 1.99. The fraction of sp³-hybridized carbons (Fsp3) is 0.500. The molecular formula is C6H8BNOS. The molecule has 0 fully saturated rings. The highest BCUT2D eigenvalue weighted by molar-refractivity contribution is 7.15. The van der Waals surface area contributed by atoms with E-state index in [1.54, 1.807) is 0 Å². The molecule has 0 saturated heterocycles. The fourth-order valence-corrected chi connectivity index (χ4v) is 1.37. The summed E-state index contributed by atoms with van der Waals surface area (Å²) in [5.74, 6) is 0.397. The summed E-state index contributed by atoms with van der Waals surface area (Å²) in [4.78, 5) is 0. The molecular weight excluding hydrogens is 145 g/mol. The summed E-state index contributed by atoms with van der Waals surface area (Å²) in [6.45, 7) is 3.93. The van der Waals surface area contributed by atoms with Crippen LogP contribution in [-0.2, 0) is 0 Å². The third-order valence-electron chi connectivity index (χ3n) is 1.27. The van der Waals surface area contributed by atoms with E-state index in [0.717, 1.165) is 11.5 Å². The first-order chi connectivity index (χ1) is 4.63. The molecule has 0 aliphatic carbocycles. The van der Waals surface area contributed by atoms with Crippen LogP contribution in [0.15, 0.2) is 0 Å². The normalized spacial score (nSPS) is 10.7. The van der Waals surface area contributed by atoms with Gasteiger partial charge in [-0.25, -0.2) is 0 Å². The molecule has 52 valence electrons. The van der Waals surface area contributed by atoms with E-state index in [-0.39, 0.29) is 11.7 Å². The molecule has 0 spiro atoms. The van der Waals surface area contributed by atoms with E-state index in [2.05, 4.69) is 4.37 Å². The molecule has 0 aliphatic heterocycles. The van der Waals surface area contributed by atoms with Crippen molar-refractivity contribution in [2.45, 2.75) is 19.8 Å². The highest BCUT2D eigenvalue weighted by atomic mass is 32.1. The van der Waals surface area contributed by atoms with Crippen LogP contribution < -0.4 is 4.78 Å². The molecule has 0 unspecified atom stereocenters. The van der Waals surface area contributed by atoms with Crippen molar-refractivity contribution in [1.29, 1.82) is 0 Å². The molecule has 2 nitrogen and oxygen atoms in total. The Bertz CT molecular complexity index is 234. The summed E-state index contributed by atoms with van der Waals surface area (Å²) in [5, 5.41) is 9.23. The molecule has 1 heterocycles. The highest BCUT2D eigenvalue weighted by Crippen LogP contribution is 2.22. The number of rotatable bonds is 1. The van der Waals surface area contributed by atoms with Crippen LogP contribution in [0.2, 0.25) is 0 Å². The topological polar surface area (TPSA) is 33.1 Å². The van der Waals surface area contributed by atoms with Crippen LogP contribution in [0.25, 0.3) is 0 Å². The number of aromatic hydroxyl groups is 1. The van der Waals surface area contributed by atoms with Gasteiger partial charge in [0.05, 0.1) is 5.69 Å². The van der Waals surface area contributed by atoms with Crippen molar-refractivity contribution in [3.8, 4) is 5.75 Å². The molecule has 0 bridgehead atoms. The van der Waals surface area contributed by atoms with Gasteiger partial charge in [-0.15, -0.1) is 0 Å². The predicted molar refractivity (Wildman–Crippen MR) is 43.3 cm³/mol. The standard InChI is InChI=1S/C6H8BNOS/c1-3(2)4-5(9)6(7)10-8-4/h3,9H,1-2H3. The van der Waals surface area contributed by atoms with Crippen LogP contribution >= 0.6 is 11.5 Å². The Labute approximate surface area is 65.5 Å². The van der Waals surface area contributed by atoms with Crippen molar-refractivity contribution in [1.82, 2.24) is 4.37 Å². The molecule has 1 N–H and O–H groups in total. The Morgan fingerprint density at radius 2 is 2.20 bits per heavy atom. The van der Waals surface area contributed by atoms with Gasteiger partial charge in [0.1, 0.15) is 13.6 Å². The third kappa shape index (κ3) is 1.16. The highest BCUT2D eigenvalue weighted by Gasteiger charge is 2.10. The van der Waals surface area contributed by atoms with Gasteiger partial charge in [-0.3, -0.25) is 0 Å². The van der Waals surface area contributed by atoms with Crippen molar-refractivity contribution in [2.24, 2.45) is 0 Å². The lowest BCUT2D eigenvalue weighted by atomic mass is 10.0. The summed E-state index contributed by atoms with van der Waals surface area (Å²) in [6.07, 6.45) is 0. The van der Waals surface area contributed by atoms with E-state index in [1.807, 2.05) is 13.8 Å². The lowest BCUT2D eigenvalue weighted by Gasteiger charge is -1.98. The molecule has 1 aromatic rings. The quantitative estimate of drug-likeness (QED) is 0.604. The van der Waals surface area contributed by atoms with Crippen LogP contribution in [-0.4, -0.2) is 17.3 Å². The van der Waals surface area contributed by atoms with Crippen LogP contribution in [0, 0.1) is 0 Å². The van der Waals surface area contributed by atoms with Gasteiger partial charge in [0, 0.05) is 10.7 Å². The Morgan fingerprint density at radius 3 is 2.40 bits per heavy atom. The molecule has 1 aromatic heterocycles. The van der Waals surface area contributed by atoms with Crippen LogP contribution in [0.3, 0.4) is 0 Å². The van der Waals surface area contributed by atoms with Gasteiger partial charge in [0.15, 0.2) is 0 Å². The largest absolute Gasteiger partial charge is 0.506 e. The van der Waals surface area contributed by atoms with Gasteiger partial charge >= 0.3 is 0 Å². The molecule has 0 amide bonds. The van der Waals surface area contributed by atoms with E-state index in [4.69, 9.17) is 7.85 Å². The summed E-state index contributed by atoms with van der Waals surface area (Å²) in [5.41, 5.74) is 0.697. The van der Waals surface area contributed by atoms with E-state index in [1.165, 1.54) is 0 Å². The second-order valence-corrected chi connectivity index (χ2v) is 3.24. The van der Waals surface area contributed by atoms with Gasteiger partial charge in [-0.1, -0.05) is 13.8 Å². The Balaban J connectivity index is 3.05. The van der Waals surface area contributed by atoms with Crippen LogP contribution in [0.1, 0.15) is 25.5 Å². The van der Waals surface area contributed by atoms with E-state index >= 15 is 0 Å². The summed E-state index contributed by atoms with van der Waals surface area (Å²) >= 11 is 1.14. The summed E-state index contributed by atoms with van der Waals surface area (Å²) < 4.78 is 4.39. The second kappa shape index (κ2) is 2.62. The number of nitrogens with zero attached hydrogens (tertiary/aromatic N) is 1. The van der Waals surface area contributed by atoms with Gasteiger partial charge in [0.2, 0.25) is 0 Å². The monoisotopic (exact) mass is 153 g/mol. The average molecular weight is 153 g/mol. The zero-order valence-electron chi connectivity index (χ0n) is 5.96. The maximum Gasteiger partial charge on any atom is 0.142 e. The number of aromatic nitrogens is 1. The molecule has 10 heavy (non-hydrogen) atoms. The van der Waals surface area contributed by atoms with Crippen LogP contribution in [0.4, 0.5) is 0 Å². The van der Waals surface area contributed by atoms with Crippen molar-refractivity contribution >= 4 is 24.2 Å². The Hall–Kier alpha value is -0.505. The zero-order valence-corrected chi connectivity index (χ0v) is 6.77. The minimum absolute atomic E-state index is 0.153. The minimum atomic E-state index is 0.153. The van der Waals surface area contributed by atoms with Crippen molar-refractivity contribution in [3.05, 3.63) is 5.69 Å². The zero-order chi connectivity index (χ0) is 7.72. The molecule has 0 atom stereocenters. The first kappa shape index (κ1) is 7.60. The lowest BCUT2D eigenvalue weighted by molar-refractivity contribution is 0.468. The fourth-order valence-electron chi connectivity index (χ4n) is 0.690. The SMILES string of the molecule is [B]c1snc(C(C)C)c1O. The molecule has 0 saturated carbocycles. The van der Waals surface area contributed by atoms with Crippen molar-refractivity contribution < 1.29 is 5.11 Å². The minimum Gasteiger partial charge on any atom is -0.506 e. The first-order valence-electron chi connectivity index (χ1n) is 3.07. The van der Waals surface area contributed by atoms with E-state index in [0.29, 0.717) is 10.5 Å².